The van der Waals surface area contributed by atoms with Gasteiger partial charge in [-0.1, -0.05) is 32.0 Å². The van der Waals surface area contributed by atoms with Crippen molar-refractivity contribution in [3.63, 3.8) is 0 Å². The molecule has 1 aromatic heterocycles. The lowest BCUT2D eigenvalue weighted by molar-refractivity contribution is -0.129. The first-order valence-electron chi connectivity index (χ1n) is 9.92. The second-order valence-corrected chi connectivity index (χ2v) is 7.64. The van der Waals surface area contributed by atoms with E-state index in [2.05, 4.69) is 24.1 Å². The van der Waals surface area contributed by atoms with E-state index in [1.54, 1.807) is 16.7 Å². The van der Waals surface area contributed by atoms with Crippen LogP contribution in [0.5, 0.6) is 0 Å². The lowest BCUT2D eigenvalue weighted by atomic mass is 9.97. The molecule has 3 rings (SSSR count). The van der Waals surface area contributed by atoms with Crippen molar-refractivity contribution >= 4 is 23.3 Å². The molecule has 29 heavy (non-hydrogen) atoms. The number of piperidine rings is 1. The minimum absolute atomic E-state index is 0.0490. The van der Waals surface area contributed by atoms with Gasteiger partial charge in [0.15, 0.2) is 0 Å². The van der Waals surface area contributed by atoms with Crippen molar-refractivity contribution in [2.75, 3.05) is 23.3 Å². The van der Waals surface area contributed by atoms with E-state index in [0.717, 1.165) is 17.4 Å². The van der Waals surface area contributed by atoms with Gasteiger partial charge in [0, 0.05) is 37.8 Å². The number of urea groups is 1. The number of carbonyl (C=O) groups excluding carboxylic acids is 2. The number of rotatable bonds is 4. The van der Waals surface area contributed by atoms with Crippen LogP contribution in [0, 0.1) is 5.82 Å². The maximum Gasteiger partial charge on any atom is 0.326 e. The Balaban J connectivity index is 1.92. The van der Waals surface area contributed by atoms with Crippen molar-refractivity contribution in [1.29, 1.82) is 0 Å². The minimum atomic E-state index is -0.508. The molecule has 0 radical (unpaired) electrons. The van der Waals surface area contributed by atoms with Crippen LogP contribution in [0.3, 0.4) is 0 Å². The van der Waals surface area contributed by atoms with Gasteiger partial charge >= 0.3 is 6.03 Å². The molecule has 0 atom stereocenters. The first kappa shape index (κ1) is 20.8. The number of nitrogens with zero attached hydrogens (tertiary/aromatic N) is 3. The largest absolute Gasteiger partial charge is 0.343 e. The highest BCUT2D eigenvalue weighted by molar-refractivity contribution is 6.02. The number of pyridine rings is 1. The third-order valence-electron chi connectivity index (χ3n) is 5.27. The van der Waals surface area contributed by atoms with Gasteiger partial charge in [-0.3, -0.25) is 14.7 Å². The van der Waals surface area contributed by atoms with Gasteiger partial charge in [-0.25, -0.2) is 9.18 Å². The monoisotopic (exact) mass is 398 g/mol. The number of aromatic nitrogens is 1. The Bertz CT molecular complexity index is 879. The predicted octanol–water partition coefficient (Wildman–Crippen LogP) is 4.39. The zero-order valence-electron chi connectivity index (χ0n) is 17.1. The van der Waals surface area contributed by atoms with Gasteiger partial charge in [-0.15, -0.1) is 0 Å². The Kier molecular flexibility index (Phi) is 6.46. The fraction of sp³-hybridized carbons (Fsp3) is 0.409. The van der Waals surface area contributed by atoms with E-state index in [-0.39, 0.29) is 23.9 Å². The first-order valence-corrected chi connectivity index (χ1v) is 9.92. The molecule has 1 N–H and O–H groups in total. The number of nitrogens with one attached hydrogen (secondary N) is 1. The Morgan fingerprint density at radius 2 is 1.90 bits per heavy atom. The molecule has 1 aliphatic rings. The highest BCUT2D eigenvalue weighted by atomic mass is 19.1. The molecule has 0 bridgehead atoms. The topological polar surface area (TPSA) is 65.5 Å². The molecule has 7 heteroatoms. The summed E-state index contributed by atoms with van der Waals surface area (Å²) in [6.07, 6.45) is 3.88. The first-order chi connectivity index (χ1) is 13.9. The normalized spacial score (nSPS) is 14.7. The molecule has 1 saturated heterocycles. The summed E-state index contributed by atoms with van der Waals surface area (Å²) in [5.74, 6) is -0.228. The summed E-state index contributed by atoms with van der Waals surface area (Å²) in [4.78, 5) is 32.4. The fourth-order valence-corrected chi connectivity index (χ4v) is 3.77. The van der Waals surface area contributed by atoms with Crippen LogP contribution < -0.4 is 10.2 Å². The number of para-hydroxylation sites is 1. The number of hydrogen-bond acceptors (Lipinski definition) is 3. The van der Waals surface area contributed by atoms with Crippen LogP contribution in [0.1, 0.15) is 45.1 Å². The smallest absolute Gasteiger partial charge is 0.326 e. The van der Waals surface area contributed by atoms with Gasteiger partial charge in [0.25, 0.3) is 0 Å². The van der Waals surface area contributed by atoms with Crippen LogP contribution in [-0.2, 0) is 4.79 Å². The van der Waals surface area contributed by atoms with E-state index in [1.807, 2.05) is 24.3 Å². The van der Waals surface area contributed by atoms with Crippen molar-refractivity contribution in [3.05, 3.63) is 54.1 Å². The highest BCUT2D eigenvalue weighted by Gasteiger charge is 2.31. The summed E-state index contributed by atoms with van der Waals surface area (Å²) >= 11 is 0. The molecule has 1 aromatic carbocycles. The van der Waals surface area contributed by atoms with Crippen LogP contribution in [0.15, 0.2) is 42.7 Å². The van der Waals surface area contributed by atoms with Crippen LogP contribution in [0.2, 0.25) is 0 Å². The van der Waals surface area contributed by atoms with Crippen molar-refractivity contribution in [2.24, 2.45) is 0 Å². The lowest BCUT2D eigenvalue weighted by Crippen LogP contribution is -2.50. The van der Waals surface area contributed by atoms with E-state index >= 15 is 0 Å². The molecule has 0 spiro atoms. The molecule has 1 aliphatic heterocycles. The molecule has 2 aromatic rings. The Morgan fingerprint density at radius 3 is 2.52 bits per heavy atom. The standard InChI is InChI=1S/C22H27FN4O2/c1-15(2)20-6-4-5-7-21(20)27(19-8-10-26(11-9-19)16(3)28)22(29)25-18-12-17(23)13-24-14-18/h4-7,12-15,19H,8-11H2,1-3H3,(H,25,29). The molecule has 2 heterocycles. The van der Waals surface area contributed by atoms with Gasteiger partial charge in [0.2, 0.25) is 5.91 Å². The highest BCUT2D eigenvalue weighted by Crippen LogP contribution is 2.32. The van der Waals surface area contributed by atoms with E-state index in [4.69, 9.17) is 0 Å². The third kappa shape index (κ3) is 4.91. The Labute approximate surface area is 170 Å². The molecule has 154 valence electrons. The minimum Gasteiger partial charge on any atom is -0.343 e. The zero-order valence-corrected chi connectivity index (χ0v) is 17.1. The van der Waals surface area contributed by atoms with Gasteiger partial charge in [-0.2, -0.15) is 0 Å². The molecule has 3 amide bonds. The maximum atomic E-state index is 13.5. The van der Waals surface area contributed by atoms with Crippen LogP contribution in [0.25, 0.3) is 0 Å². The number of amides is 3. The number of halogens is 1. The lowest BCUT2D eigenvalue weighted by Gasteiger charge is -2.39. The van der Waals surface area contributed by atoms with Crippen LogP contribution in [0.4, 0.5) is 20.6 Å². The maximum absolute atomic E-state index is 13.5. The summed E-state index contributed by atoms with van der Waals surface area (Å²) < 4.78 is 13.5. The van der Waals surface area contributed by atoms with Gasteiger partial charge < -0.3 is 10.2 Å². The second-order valence-electron chi connectivity index (χ2n) is 7.64. The van der Waals surface area contributed by atoms with Crippen LogP contribution in [-0.4, -0.2) is 41.0 Å². The van der Waals surface area contributed by atoms with Crippen molar-refractivity contribution in [1.82, 2.24) is 9.88 Å². The summed E-state index contributed by atoms with van der Waals surface area (Å²) in [5.41, 5.74) is 2.21. The van der Waals surface area contributed by atoms with E-state index < -0.39 is 5.82 Å². The SMILES string of the molecule is CC(=O)N1CCC(N(C(=O)Nc2cncc(F)c2)c2ccccc2C(C)C)CC1. The molecular weight excluding hydrogens is 371 g/mol. The second kappa shape index (κ2) is 9.03. The summed E-state index contributed by atoms with van der Waals surface area (Å²) in [6, 6.07) is 8.69. The van der Waals surface area contributed by atoms with E-state index in [0.29, 0.717) is 31.6 Å². The van der Waals surface area contributed by atoms with Gasteiger partial charge in [0.1, 0.15) is 5.82 Å². The van der Waals surface area contributed by atoms with E-state index in [1.165, 1.54) is 12.3 Å². The molecular formula is C22H27FN4O2. The van der Waals surface area contributed by atoms with Crippen molar-refractivity contribution in [3.8, 4) is 0 Å². The average molecular weight is 398 g/mol. The third-order valence-corrected chi connectivity index (χ3v) is 5.27. The predicted molar refractivity (Wildman–Crippen MR) is 111 cm³/mol. The Hall–Kier alpha value is -2.96. The van der Waals surface area contributed by atoms with E-state index in [9.17, 15) is 14.0 Å². The average Bonchev–Trinajstić information content (AvgIpc) is 2.69. The quantitative estimate of drug-likeness (QED) is 0.830. The number of carbonyl (C=O) groups is 2. The number of anilines is 2. The van der Waals surface area contributed by atoms with Crippen molar-refractivity contribution < 1.29 is 14.0 Å². The number of hydrogen-bond donors (Lipinski definition) is 1. The molecule has 1 fully saturated rings. The van der Waals surface area contributed by atoms with Crippen molar-refractivity contribution in [2.45, 2.75) is 45.6 Å². The summed E-state index contributed by atoms with van der Waals surface area (Å²) in [6.45, 7) is 6.95. The molecule has 6 nitrogen and oxygen atoms in total. The van der Waals surface area contributed by atoms with Crippen LogP contribution >= 0.6 is 0 Å². The number of likely N-dealkylation sites (tertiary alicyclic amines) is 1. The molecule has 0 aliphatic carbocycles. The molecule has 0 unspecified atom stereocenters. The molecule has 0 saturated carbocycles. The van der Waals surface area contributed by atoms with Gasteiger partial charge in [-0.05, 0) is 30.4 Å². The fourth-order valence-electron chi connectivity index (χ4n) is 3.77. The van der Waals surface area contributed by atoms with Gasteiger partial charge in [0.05, 0.1) is 18.1 Å². The Morgan fingerprint density at radius 1 is 1.21 bits per heavy atom. The summed E-state index contributed by atoms with van der Waals surface area (Å²) in [7, 11) is 0. The number of benzene rings is 1. The summed E-state index contributed by atoms with van der Waals surface area (Å²) in [5, 5.41) is 2.78. The zero-order chi connectivity index (χ0) is 21.0.